The van der Waals surface area contributed by atoms with E-state index < -0.39 is 11.6 Å². The first-order chi connectivity index (χ1) is 8.73. The summed E-state index contributed by atoms with van der Waals surface area (Å²) in [6.07, 6.45) is 3.09. The van der Waals surface area contributed by atoms with Gasteiger partial charge < -0.3 is 14.7 Å². The van der Waals surface area contributed by atoms with Crippen LogP contribution in [0.2, 0.25) is 0 Å². The van der Waals surface area contributed by atoms with Crippen molar-refractivity contribution in [3.8, 4) is 0 Å². The van der Waals surface area contributed by atoms with Crippen molar-refractivity contribution in [2.75, 3.05) is 13.1 Å². The zero-order chi connectivity index (χ0) is 14.3. The number of carbonyl (C=O) groups is 2. The van der Waals surface area contributed by atoms with E-state index in [0.717, 1.165) is 25.7 Å². The number of piperidine rings is 1. The summed E-state index contributed by atoms with van der Waals surface area (Å²) in [5.41, 5.74) is -0.714. The Morgan fingerprint density at radius 2 is 2.00 bits per heavy atom. The van der Waals surface area contributed by atoms with Gasteiger partial charge in [-0.05, 0) is 46.5 Å². The van der Waals surface area contributed by atoms with Gasteiger partial charge in [-0.15, -0.1) is 0 Å². The molecule has 1 amide bonds. The minimum atomic E-state index is -0.725. The highest BCUT2D eigenvalue weighted by molar-refractivity contribution is 5.73. The minimum Gasteiger partial charge on any atom is -0.481 e. The van der Waals surface area contributed by atoms with Crippen molar-refractivity contribution >= 4 is 12.1 Å². The molecule has 1 saturated carbocycles. The number of nitrogens with zero attached hydrogens (tertiary/aromatic N) is 1. The molecule has 0 aromatic rings. The number of carbonyl (C=O) groups excluding carboxylic acids is 1. The predicted octanol–water partition coefficient (Wildman–Crippen LogP) is 2.50. The molecule has 0 aromatic heterocycles. The van der Waals surface area contributed by atoms with Gasteiger partial charge in [0.05, 0.1) is 5.92 Å². The second-order valence-electron chi connectivity index (χ2n) is 6.80. The van der Waals surface area contributed by atoms with E-state index in [1.165, 1.54) is 0 Å². The fourth-order valence-corrected chi connectivity index (χ4v) is 3.21. The molecule has 108 valence electrons. The maximum absolute atomic E-state index is 12.1. The zero-order valence-electron chi connectivity index (χ0n) is 11.9. The van der Waals surface area contributed by atoms with E-state index in [9.17, 15) is 14.7 Å². The highest BCUT2D eigenvalue weighted by Crippen LogP contribution is 2.52. The maximum atomic E-state index is 12.1. The van der Waals surface area contributed by atoms with Crippen molar-refractivity contribution in [3.63, 3.8) is 0 Å². The Hall–Kier alpha value is -1.26. The van der Waals surface area contributed by atoms with Crippen molar-refractivity contribution in [2.45, 2.75) is 52.1 Å². The maximum Gasteiger partial charge on any atom is 0.410 e. The minimum absolute atomic E-state index is 0.207. The second kappa shape index (κ2) is 4.69. The van der Waals surface area contributed by atoms with Gasteiger partial charge in [0.1, 0.15) is 5.60 Å². The lowest BCUT2D eigenvalue weighted by atomic mass is 9.56. The molecule has 2 fully saturated rings. The van der Waals surface area contributed by atoms with Crippen LogP contribution in [0, 0.1) is 11.3 Å². The van der Waals surface area contributed by atoms with Gasteiger partial charge in [-0.1, -0.05) is 0 Å². The van der Waals surface area contributed by atoms with Crippen LogP contribution in [0.4, 0.5) is 4.79 Å². The number of amides is 1. The summed E-state index contributed by atoms with van der Waals surface area (Å²) in [7, 11) is 0. The van der Waals surface area contributed by atoms with E-state index >= 15 is 0 Å². The summed E-state index contributed by atoms with van der Waals surface area (Å²) in [6.45, 7) is 6.72. The third kappa shape index (κ3) is 2.85. The highest BCUT2D eigenvalue weighted by atomic mass is 16.6. The van der Waals surface area contributed by atoms with Crippen LogP contribution >= 0.6 is 0 Å². The van der Waals surface area contributed by atoms with E-state index in [0.29, 0.717) is 13.1 Å². The van der Waals surface area contributed by atoms with E-state index in [1.807, 2.05) is 20.8 Å². The van der Waals surface area contributed by atoms with Gasteiger partial charge in [0.25, 0.3) is 0 Å². The van der Waals surface area contributed by atoms with Crippen molar-refractivity contribution in [3.05, 3.63) is 0 Å². The predicted molar refractivity (Wildman–Crippen MR) is 69.8 cm³/mol. The van der Waals surface area contributed by atoms with Gasteiger partial charge in [-0.25, -0.2) is 4.79 Å². The standard InChI is InChI=1S/C14H23NO4/c1-13(2,3)19-12(18)15-8-4-6-14(9-15)7-5-10(14)11(16)17/h10H,4-9H2,1-3H3,(H,16,17)/t10-,14+/m0/s1. The molecule has 2 atom stereocenters. The molecule has 1 saturated heterocycles. The summed E-state index contributed by atoms with van der Waals surface area (Å²) >= 11 is 0. The molecular formula is C14H23NO4. The summed E-state index contributed by atoms with van der Waals surface area (Å²) in [5.74, 6) is -1.02. The van der Waals surface area contributed by atoms with Crippen LogP contribution in [0.25, 0.3) is 0 Å². The van der Waals surface area contributed by atoms with Crippen molar-refractivity contribution in [1.29, 1.82) is 0 Å². The molecule has 1 spiro atoms. The fraction of sp³-hybridized carbons (Fsp3) is 0.857. The number of carboxylic acid groups (broad SMARTS) is 1. The Labute approximate surface area is 113 Å². The summed E-state index contributed by atoms with van der Waals surface area (Å²) < 4.78 is 5.37. The Morgan fingerprint density at radius 1 is 1.32 bits per heavy atom. The number of rotatable bonds is 1. The van der Waals surface area contributed by atoms with Crippen LogP contribution in [0.15, 0.2) is 0 Å². The van der Waals surface area contributed by atoms with E-state index in [1.54, 1.807) is 4.90 Å². The lowest BCUT2D eigenvalue weighted by Crippen LogP contribution is -2.56. The number of ether oxygens (including phenoxy) is 1. The molecule has 1 aliphatic carbocycles. The average molecular weight is 269 g/mol. The van der Waals surface area contributed by atoms with Gasteiger partial charge in [0.15, 0.2) is 0 Å². The number of carboxylic acids is 1. The molecule has 1 aliphatic heterocycles. The average Bonchev–Trinajstić information content (AvgIpc) is 2.24. The third-order valence-corrected chi connectivity index (χ3v) is 4.23. The molecule has 0 unspecified atom stereocenters. The largest absolute Gasteiger partial charge is 0.481 e. The molecule has 0 radical (unpaired) electrons. The van der Waals surface area contributed by atoms with Gasteiger partial charge in [-0.3, -0.25) is 4.79 Å². The Balaban J connectivity index is 2.02. The van der Waals surface area contributed by atoms with Crippen LogP contribution in [0.1, 0.15) is 46.5 Å². The first kappa shape index (κ1) is 14.2. The van der Waals surface area contributed by atoms with Crippen LogP contribution in [0.3, 0.4) is 0 Å². The number of hydrogen-bond donors (Lipinski definition) is 1. The van der Waals surface area contributed by atoms with Crippen molar-refractivity contribution in [1.82, 2.24) is 4.90 Å². The Morgan fingerprint density at radius 3 is 2.47 bits per heavy atom. The quantitative estimate of drug-likeness (QED) is 0.794. The van der Waals surface area contributed by atoms with Gasteiger partial charge >= 0.3 is 12.1 Å². The van der Waals surface area contributed by atoms with Gasteiger partial charge in [0, 0.05) is 18.5 Å². The van der Waals surface area contributed by atoms with Crippen LogP contribution in [0.5, 0.6) is 0 Å². The van der Waals surface area contributed by atoms with E-state index in [-0.39, 0.29) is 17.4 Å². The first-order valence-electron chi connectivity index (χ1n) is 6.94. The Kier molecular flexibility index (Phi) is 3.49. The summed E-state index contributed by atoms with van der Waals surface area (Å²) in [5, 5.41) is 9.23. The molecule has 1 heterocycles. The molecule has 2 rings (SSSR count). The molecule has 19 heavy (non-hydrogen) atoms. The molecule has 2 aliphatic rings. The van der Waals surface area contributed by atoms with Crippen LogP contribution < -0.4 is 0 Å². The topological polar surface area (TPSA) is 66.8 Å². The molecule has 0 bridgehead atoms. The highest BCUT2D eigenvalue weighted by Gasteiger charge is 2.53. The second-order valence-corrected chi connectivity index (χ2v) is 6.80. The zero-order valence-corrected chi connectivity index (χ0v) is 11.9. The van der Waals surface area contributed by atoms with Crippen molar-refractivity contribution in [2.24, 2.45) is 11.3 Å². The third-order valence-electron chi connectivity index (χ3n) is 4.23. The number of aliphatic carboxylic acids is 1. The smallest absolute Gasteiger partial charge is 0.410 e. The normalized spacial score (nSPS) is 30.9. The molecule has 5 heteroatoms. The molecule has 1 N–H and O–H groups in total. The van der Waals surface area contributed by atoms with Crippen LogP contribution in [-0.2, 0) is 9.53 Å². The Bertz CT molecular complexity index is 387. The monoisotopic (exact) mass is 269 g/mol. The SMILES string of the molecule is CC(C)(C)OC(=O)N1CCC[C@@]2(CC[C@H]2C(=O)O)C1. The van der Waals surface area contributed by atoms with Crippen molar-refractivity contribution < 1.29 is 19.4 Å². The lowest BCUT2D eigenvalue weighted by Gasteiger charge is -2.52. The molecule has 5 nitrogen and oxygen atoms in total. The number of hydrogen-bond acceptors (Lipinski definition) is 3. The fourth-order valence-electron chi connectivity index (χ4n) is 3.21. The first-order valence-corrected chi connectivity index (χ1v) is 6.94. The van der Waals surface area contributed by atoms with Gasteiger partial charge in [0.2, 0.25) is 0 Å². The van der Waals surface area contributed by atoms with E-state index in [4.69, 9.17) is 4.74 Å². The molecular weight excluding hydrogens is 246 g/mol. The van der Waals surface area contributed by atoms with Crippen LogP contribution in [-0.4, -0.2) is 40.8 Å². The summed E-state index contributed by atoms with van der Waals surface area (Å²) in [4.78, 5) is 25.0. The summed E-state index contributed by atoms with van der Waals surface area (Å²) in [6, 6.07) is 0. The lowest BCUT2D eigenvalue weighted by molar-refractivity contribution is -0.158. The number of likely N-dealkylation sites (tertiary alicyclic amines) is 1. The van der Waals surface area contributed by atoms with E-state index in [2.05, 4.69) is 0 Å². The molecule has 0 aromatic carbocycles. The van der Waals surface area contributed by atoms with Gasteiger partial charge in [-0.2, -0.15) is 0 Å².